The number of hydrogen-bond donors (Lipinski definition) is 1. The summed E-state index contributed by atoms with van der Waals surface area (Å²) >= 11 is 0. The van der Waals surface area contributed by atoms with E-state index in [2.05, 4.69) is 12.0 Å². The van der Waals surface area contributed by atoms with Gasteiger partial charge in [-0.15, -0.1) is 6.58 Å². The molecule has 1 atom stereocenters. The average Bonchev–Trinajstić information content (AvgIpc) is 2.76. The molecule has 0 heterocycles. The van der Waals surface area contributed by atoms with Crippen LogP contribution in [0.4, 0.5) is 8.78 Å². The summed E-state index contributed by atoms with van der Waals surface area (Å²) < 4.78 is 31.1. The zero-order valence-electron chi connectivity index (χ0n) is 22.4. The number of rotatable bonds is 9. The number of alkyl halides is 2. The summed E-state index contributed by atoms with van der Waals surface area (Å²) in [7, 11) is 0. The van der Waals surface area contributed by atoms with E-state index in [1.54, 1.807) is 37.3 Å². The van der Waals surface area contributed by atoms with Crippen molar-refractivity contribution in [1.82, 2.24) is 10.4 Å². The number of nitrogens with zero attached hydrogens (tertiary/aromatic N) is 1. The smallest absolute Gasteiger partial charge is 0.387 e. The molecule has 7 heteroatoms. The maximum atomic E-state index is 13.8. The highest BCUT2D eigenvalue weighted by Crippen LogP contribution is 2.31. The van der Waals surface area contributed by atoms with Crippen LogP contribution in [-0.4, -0.2) is 29.5 Å². The van der Waals surface area contributed by atoms with Crippen LogP contribution < -0.4 is 10.2 Å². The number of aryl methyl sites for hydroxylation is 2. The van der Waals surface area contributed by atoms with Crippen molar-refractivity contribution in [2.45, 2.75) is 80.4 Å². The first kappa shape index (κ1) is 29.0. The van der Waals surface area contributed by atoms with Crippen LogP contribution in [0.1, 0.15) is 83.5 Å². The first-order valence-corrected chi connectivity index (χ1v) is 12.2. The van der Waals surface area contributed by atoms with Crippen molar-refractivity contribution >= 4 is 11.8 Å². The van der Waals surface area contributed by atoms with Crippen LogP contribution in [0.15, 0.2) is 43.0 Å². The molecule has 196 valence electrons. The quantitative estimate of drug-likeness (QED) is 0.300. The van der Waals surface area contributed by atoms with E-state index in [9.17, 15) is 18.4 Å². The molecule has 0 spiro atoms. The van der Waals surface area contributed by atoms with Gasteiger partial charge in [0, 0.05) is 16.7 Å². The number of carbonyl (C=O) groups excluding carboxylic acids is 2. The third kappa shape index (κ3) is 7.15. The van der Waals surface area contributed by atoms with Gasteiger partial charge in [-0.05, 0) is 62.8 Å². The van der Waals surface area contributed by atoms with E-state index in [-0.39, 0.29) is 34.2 Å². The molecule has 2 aromatic carbocycles. The lowest BCUT2D eigenvalue weighted by Crippen LogP contribution is -2.56. The second kappa shape index (κ2) is 12.2. The number of amides is 2. The Bertz CT molecular complexity index is 1090. The maximum Gasteiger partial charge on any atom is 0.387 e. The largest absolute Gasteiger partial charge is 0.434 e. The zero-order chi connectivity index (χ0) is 27.2. The first-order valence-electron chi connectivity index (χ1n) is 12.2. The molecule has 2 amide bonds. The predicted molar refractivity (Wildman–Crippen MR) is 139 cm³/mol. The lowest BCUT2D eigenvalue weighted by molar-refractivity contribution is -0.0508. The Labute approximate surface area is 213 Å². The number of nitrogens with one attached hydrogen (secondary N) is 1. The van der Waals surface area contributed by atoms with Gasteiger partial charge in [0.15, 0.2) is 0 Å². The summed E-state index contributed by atoms with van der Waals surface area (Å²) in [6.45, 7) is 14.1. The Morgan fingerprint density at radius 1 is 1.11 bits per heavy atom. The summed E-state index contributed by atoms with van der Waals surface area (Å²) in [4.78, 5) is 27.3. The number of carbonyl (C=O) groups is 2. The first-order chi connectivity index (χ1) is 16.8. The second-order valence-corrected chi connectivity index (χ2v) is 10.3. The minimum Gasteiger partial charge on any atom is -0.434 e. The van der Waals surface area contributed by atoms with E-state index in [0.29, 0.717) is 24.0 Å². The van der Waals surface area contributed by atoms with Gasteiger partial charge in [0.2, 0.25) is 0 Å². The molecule has 2 rings (SSSR count). The second-order valence-electron chi connectivity index (χ2n) is 10.3. The van der Waals surface area contributed by atoms with Crippen molar-refractivity contribution in [1.29, 1.82) is 0 Å². The van der Waals surface area contributed by atoms with Crippen LogP contribution in [0.25, 0.3) is 0 Å². The van der Waals surface area contributed by atoms with Gasteiger partial charge in [-0.1, -0.05) is 63.5 Å². The van der Waals surface area contributed by atoms with Crippen LogP contribution in [-0.2, 0) is 6.42 Å². The summed E-state index contributed by atoms with van der Waals surface area (Å²) in [5, 5.41) is 1.41. The number of allylic oxidation sites excluding steroid dienone is 1. The Kier molecular flexibility index (Phi) is 9.79. The van der Waals surface area contributed by atoms with Gasteiger partial charge in [-0.3, -0.25) is 15.0 Å². The van der Waals surface area contributed by atoms with E-state index in [0.717, 1.165) is 17.5 Å². The number of ether oxygens (including phenoxy) is 1. The summed E-state index contributed by atoms with van der Waals surface area (Å²) in [5.41, 5.74) is 5.75. The van der Waals surface area contributed by atoms with E-state index in [4.69, 9.17) is 4.74 Å². The standard InChI is InChI=1S/C29H38F2N2O3/c1-9-11-21-13-14-23(20(5)25(21)36-28(30)31)26(34)32-33(24(12-10-2)29(6,7)8)27(35)22-16-18(3)15-19(4)17-22/h9,13-17,24,28H,1,10-12H2,2-8H3,(H,32,34)/t24-/m1/s1. The molecular formula is C29H38F2N2O3. The highest BCUT2D eigenvalue weighted by Gasteiger charge is 2.35. The molecule has 5 nitrogen and oxygen atoms in total. The fourth-order valence-electron chi connectivity index (χ4n) is 4.46. The van der Waals surface area contributed by atoms with Gasteiger partial charge < -0.3 is 4.74 Å². The molecule has 0 bridgehead atoms. The highest BCUT2D eigenvalue weighted by molar-refractivity contribution is 6.00. The van der Waals surface area contributed by atoms with Crippen molar-refractivity contribution in [3.8, 4) is 5.75 Å². The van der Waals surface area contributed by atoms with E-state index >= 15 is 0 Å². The number of benzene rings is 2. The molecule has 0 aliphatic carbocycles. The predicted octanol–water partition coefficient (Wildman–Crippen LogP) is 6.94. The van der Waals surface area contributed by atoms with Crippen LogP contribution in [0.3, 0.4) is 0 Å². The van der Waals surface area contributed by atoms with Crippen molar-refractivity contribution in [2.24, 2.45) is 5.41 Å². The lowest BCUT2D eigenvalue weighted by atomic mass is 9.83. The molecule has 0 saturated carbocycles. The van der Waals surface area contributed by atoms with E-state index in [1.807, 2.05) is 47.6 Å². The molecule has 0 radical (unpaired) electrons. The maximum absolute atomic E-state index is 13.8. The summed E-state index contributed by atoms with van der Waals surface area (Å²) in [6, 6.07) is 8.40. The molecule has 1 N–H and O–H groups in total. The third-order valence-electron chi connectivity index (χ3n) is 6.09. The fourth-order valence-corrected chi connectivity index (χ4v) is 4.46. The molecule has 36 heavy (non-hydrogen) atoms. The zero-order valence-corrected chi connectivity index (χ0v) is 22.4. The van der Waals surface area contributed by atoms with Gasteiger partial charge in [0.25, 0.3) is 11.8 Å². The highest BCUT2D eigenvalue weighted by atomic mass is 19.3. The molecule has 0 aliphatic rings. The normalized spacial score (nSPS) is 12.3. The topological polar surface area (TPSA) is 58.6 Å². The number of hydrazine groups is 1. The molecular weight excluding hydrogens is 462 g/mol. The Balaban J connectivity index is 2.57. The summed E-state index contributed by atoms with van der Waals surface area (Å²) in [6.07, 6.45) is 3.36. The van der Waals surface area contributed by atoms with Crippen molar-refractivity contribution in [2.75, 3.05) is 0 Å². The van der Waals surface area contributed by atoms with Gasteiger partial charge in [0.05, 0.1) is 6.04 Å². The van der Waals surface area contributed by atoms with Crippen LogP contribution in [0.5, 0.6) is 5.75 Å². The average molecular weight is 501 g/mol. The molecule has 0 unspecified atom stereocenters. The summed E-state index contributed by atoms with van der Waals surface area (Å²) in [5.74, 6) is -0.945. The molecule has 0 fully saturated rings. The van der Waals surface area contributed by atoms with Gasteiger partial charge in [0.1, 0.15) is 5.75 Å². The third-order valence-corrected chi connectivity index (χ3v) is 6.09. The monoisotopic (exact) mass is 500 g/mol. The minimum absolute atomic E-state index is 0.0503. The van der Waals surface area contributed by atoms with Gasteiger partial charge in [-0.25, -0.2) is 5.01 Å². The van der Waals surface area contributed by atoms with Gasteiger partial charge >= 0.3 is 6.61 Å². The van der Waals surface area contributed by atoms with E-state index < -0.39 is 12.5 Å². The Hall–Kier alpha value is -3.22. The SMILES string of the molecule is C=CCc1ccc(C(=O)NN(C(=O)c2cc(C)cc(C)c2)[C@H](CCC)C(C)(C)C)c(C)c1OC(F)F. The molecule has 0 aliphatic heterocycles. The Morgan fingerprint density at radius 2 is 1.72 bits per heavy atom. The van der Waals surface area contributed by atoms with Crippen LogP contribution in [0.2, 0.25) is 0 Å². The van der Waals surface area contributed by atoms with Crippen molar-refractivity contribution in [3.05, 3.63) is 76.4 Å². The van der Waals surface area contributed by atoms with Crippen molar-refractivity contribution in [3.63, 3.8) is 0 Å². The fraction of sp³-hybridized carbons (Fsp3) is 0.448. The van der Waals surface area contributed by atoms with Crippen LogP contribution in [0, 0.1) is 26.2 Å². The number of halogens is 2. The molecule has 0 saturated heterocycles. The van der Waals surface area contributed by atoms with Gasteiger partial charge in [-0.2, -0.15) is 8.78 Å². The molecule has 0 aromatic heterocycles. The Morgan fingerprint density at radius 3 is 2.22 bits per heavy atom. The lowest BCUT2D eigenvalue weighted by Gasteiger charge is -2.40. The minimum atomic E-state index is -3.04. The van der Waals surface area contributed by atoms with Crippen molar-refractivity contribution < 1.29 is 23.1 Å². The van der Waals surface area contributed by atoms with E-state index in [1.165, 1.54) is 5.01 Å². The number of hydrogen-bond acceptors (Lipinski definition) is 3. The molecule has 2 aromatic rings. The van der Waals surface area contributed by atoms with Crippen LogP contribution >= 0.6 is 0 Å².